The summed E-state index contributed by atoms with van der Waals surface area (Å²) in [5, 5.41) is 3.01. The molecule has 1 N–H and O–H groups in total. The van der Waals surface area contributed by atoms with E-state index >= 15 is 0 Å². The van der Waals surface area contributed by atoms with E-state index in [1.807, 2.05) is 33.0 Å². The van der Waals surface area contributed by atoms with E-state index in [1.54, 1.807) is 14.1 Å². The largest absolute Gasteiger partial charge is 0.388 e. The van der Waals surface area contributed by atoms with Gasteiger partial charge in [0.15, 0.2) is 0 Å². The van der Waals surface area contributed by atoms with Gasteiger partial charge < -0.3 is 5.32 Å². The Bertz CT molecular complexity index is 470. The van der Waals surface area contributed by atoms with E-state index in [1.165, 1.54) is 4.31 Å². The molecule has 0 bridgehead atoms. The Kier molecular flexibility index (Phi) is 3.60. The van der Waals surface area contributed by atoms with Gasteiger partial charge in [-0.3, -0.25) is 0 Å². The molecule has 1 aromatic rings. The molecular weight excluding hydrogens is 224 g/mol. The number of nitrogens with zero attached hydrogens (tertiary/aromatic N) is 1. The highest BCUT2D eigenvalue weighted by Crippen LogP contribution is 2.25. The first-order chi connectivity index (χ1) is 7.30. The Labute approximate surface area is 97.3 Å². The van der Waals surface area contributed by atoms with Crippen LogP contribution in [0.4, 0.5) is 5.69 Å². The lowest BCUT2D eigenvalue weighted by atomic mass is 10.1. The van der Waals surface area contributed by atoms with Crippen molar-refractivity contribution in [3.63, 3.8) is 0 Å². The summed E-state index contributed by atoms with van der Waals surface area (Å²) in [4.78, 5) is 0.400. The molecule has 1 aromatic carbocycles. The summed E-state index contributed by atoms with van der Waals surface area (Å²) in [5.41, 5.74) is 2.45. The highest BCUT2D eigenvalue weighted by Gasteiger charge is 2.22. The first-order valence-corrected chi connectivity index (χ1v) is 6.46. The van der Waals surface area contributed by atoms with Crippen LogP contribution in [0.2, 0.25) is 0 Å². The van der Waals surface area contributed by atoms with Gasteiger partial charge in [-0.05, 0) is 37.1 Å². The lowest BCUT2D eigenvalue weighted by Gasteiger charge is -2.17. The summed E-state index contributed by atoms with van der Waals surface area (Å²) < 4.78 is 25.4. The van der Waals surface area contributed by atoms with Gasteiger partial charge in [0.1, 0.15) is 0 Å². The fourth-order valence-electron chi connectivity index (χ4n) is 1.68. The SMILES string of the molecule is CNc1cc(C)c(S(=O)(=O)N(C)C)c(C)c1. The van der Waals surface area contributed by atoms with Crippen LogP contribution in [0.5, 0.6) is 0 Å². The molecule has 0 aliphatic rings. The molecule has 0 radical (unpaired) electrons. The molecule has 16 heavy (non-hydrogen) atoms. The number of sulfonamides is 1. The van der Waals surface area contributed by atoms with E-state index in [4.69, 9.17) is 0 Å². The predicted octanol–water partition coefficient (Wildman–Crippen LogP) is 1.60. The van der Waals surface area contributed by atoms with Gasteiger partial charge >= 0.3 is 0 Å². The summed E-state index contributed by atoms with van der Waals surface area (Å²) in [7, 11) is 1.54. The molecule has 0 atom stereocenters. The van der Waals surface area contributed by atoms with Crippen LogP contribution in [-0.2, 0) is 10.0 Å². The lowest BCUT2D eigenvalue weighted by Crippen LogP contribution is -2.24. The maximum absolute atomic E-state index is 12.1. The molecular formula is C11H18N2O2S. The van der Waals surface area contributed by atoms with Crippen molar-refractivity contribution >= 4 is 15.7 Å². The van der Waals surface area contributed by atoms with Gasteiger partial charge in [-0.25, -0.2) is 12.7 Å². The van der Waals surface area contributed by atoms with Crippen LogP contribution in [0, 0.1) is 13.8 Å². The lowest BCUT2D eigenvalue weighted by molar-refractivity contribution is 0.519. The van der Waals surface area contributed by atoms with E-state index in [-0.39, 0.29) is 0 Å². The smallest absolute Gasteiger partial charge is 0.243 e. The van der Waals surface area contributed by atoms with Crippen molar-refractivity contribution in [2.75, 3.05) is 26.5 Å². The zero-order chi connectivity index (χ0) is 12.5. The minimum atomic E-state index is -3.36. The number of benzene rings is 1. The molecule has 90 valence electrons. The quantitative estimate of drug-likeness (QED) is 0.875. The number of rotatable bonds is 3. The van der Waals surface area contributed by atoms with Crippen LogP contribution in [0.15, 0.2) is 17.0 Å². The zero-order valence-electron chi connectivity index (χ0n) is 10.3. The minimum Gasteiger partial charge on any atom is -0.388 e. The van der Waals surface area contributed by atoms with Crippen molar-refractivity contribution in [2.45, 2.75) is 18.7 Å². The van der Waals surface area contributed by atoms with Crippen molar-refractivity contribution in [2.24, 2.45) is 0 Å². The summed E-state index contributed by atoms with van der Waals surface area (Å²) in [5.74, 6) is 0. The third-order valence-electron chi connectivity index (χ3n) is 2.49. The molecule has 0 saturated heterocycles. The molecule has 0 aliphatic carbocycles. The predicted molar refractivity (Wildman–Crippen MR) is 66.3 cm³/mol. The molecule has 0 heterocycles. The van der Waals surface area contributed by atoms with Gasteiger partial charge in [0.25, 0.3) is 0 Å². The molecule has 0 spiro atoms. The van der Waals surface area contributed by atoms with Gasteiger partial charge in [-0.2, -0.15) is 0 Å². The van der Waals surface area contributed by atoms with E-state index in [0.717, 1.165) is 16.8 Å². The fraction of sp³-hybridized carbons (Fsp3) is 0.455. The van der Waals surface area contributed by atoms with Crippen LogP contribution in [0.1, 0.15) is 11.1 Å². The summed E-state index contributed by atoms with van der Waals surface area (Å²) >= 11 is 0. The summed E-state index contributed by atoms with van der Waals surface area (Å²) in [6.45, 7) is 3.62. The average molecular weight is 242 g/mol. The van der Waals surface area contributed by atoms with Gasteiger partial charge in [0, 0.05) is 26.8 Å². The second kappa shape index (κ2) is 4.43. The van der Waals surface area contributed by atoms with Crippen LogP contribution in [0.3, 0.4) is 0 Å². The molecule has 5 heteroatoms. The molecule has 0 aromatic heterocycles. The van der Waals surface area contributed by atoms with Gasteiger partial charge in [0.05, 0.1) is 4.90 Å². The van der Waals surface area contributed by atoms with Crippen molar-refractivity contribution in [1.29, 1.82) is 0 Å². The summed E-state index contributed by atoms with van der Waals surface area (Å²) in [6, 6.07) is 3.67. The molecule has 0 fully saturated rings. The second-order valence-corrected chi connectivity index (χ2v) is 6.07. The third-order valence-corrected chi connectivity index (χ3v) is 4.61. The topological polar surface area (TPSA) is 49.4 Å². The Hall–Kier alpha value is -1.07. The molecule has 0 saturated carbocycles. The number of aryl methyl sites for hydroxylation is 2. The monoisotopic (exact) mass is 242 g/mol. The van der Waals surface area contributed by atoms with Crippen molar-refractivity contribution in [3.05, 3.63) is 23.3 Å². The van der Waals surface area contributed by atoms with Crippen molar-refractivity contribution in [1.82, 2.24) is 4.31 Å². The average Bonchev–Trinajstić information content (AvgIpc) is 2.15. The Morgan fingerprint density at radius 2 is 1.56 bits per heavy atom. The fourth-order valence-corrected chi connectivity index (χ4v) is 2.98. The number of anilines is 1. The van der Waals surface area contributed by atoms with Crippen LogP contribution in [0.25, 0.3) is 0 Å². The Morgan fingerprint density at radius 3 is 1.88 bits per heavy atom. The van der Waals surface area contributed by atoms with Crippen LogP contribution >= 0.6 is 0 Å². The van der Waals surface area contributed by atoms with Crippen LogP contribution < -0.4 is 5.32 Å². The van der Waals surface area contributed by atoms with Gasteiger partial charge in [-0.1, -0.05) is 0 Å². The molecule has 4 nitrogen and oxygen atoms in total. The van der Waals surface area contributed by atoms with E-state index in [2.05, 4.69) is 5.32 Å². The number of hydrogen-bond acceptors (Lipinski definition) is 3. The highest BCUT2D eigenvalue weighted by atomic mass is 32.2. The van der Waals surface area contributed by atoms with E-state index in [0.29, 0.717) is 4.90 Å². The Morgan fingerprint density at radius 1 is 1.12 bits per heavy atom. The minimum absolute atomic E-state index is 0.400. The van der Waals surface area contributed by atoms with Crippen molar-refractivity contribution in [3.8, 4) is 0 Å². The summed E-state index contributed by atoms with van der Waals surface area (Å²) in [6.07, 6.45) is 0. The first kappa shape index (κ1) is 13.0. The maximum atomic E-state index is 12.1. The zero-order valence-corrected chi connectivity index (χ0v) is 11.1. The molecule has 1 rings (SSSR count). The normalized spacial score (nSPS) is 11.9. The first-order valence-electron chi connectivity index (χ1n) is 5.02. The number of nitrogens with one attached hydrogen (secondary N) is 1. The molecule has 0 aliphatic heterocycles. The highest BCUT2D eigenvalue weighted by molar-refractivity contribution is 7.89. The third kappa shape index (κ3) is 2.20. The van der Waals surface area contributed by atoms with Crippen LogP contribution in [-0.4, -0.2) is 33.9 Å². The van der Waals surface area contributed by atoms with E-state index in [9.17, 15) is 8.42 Å². The Balaban J connectivity index is 3.48. The molecule has 0 amide bonds. The standard InChI is InChI=1S/C11H18N2O2S/c1-8-6-10(12-3)7-9(2)11(8)16(14,15)13(4)5/h6-7,12H,1-5H3. The molecule has 0 unspecified atom stereocenters. The van der Waals surface area contributed by atoms with E-state index < -0.39 is 10.0 Å². The number of hydrogen-bond donors (Lipinski definition) is 1. The van der Waals surface area contributed by atoms with Gasteiger partial charge in [0.2, 0.25) is 10.0 Å². The maximum Gasteiger partial charge on any atom is 0.243 e. The van der Waals surface area contributed by atoms with Gasteiger partial charge in [-0.15, -0.1) is 0 Å². The van der Waals surface area contributed by atoms with Crippen molar-refractivity contribution < 1.29 is 8.42 Å². The second-order valence-electron chi connectivity index (χ2n) is 3.98.